The Morgan fingerprint density at radius 2 is 1.74 bits per heavy atom. The lowest BCUT2D eigenvalue weighted by Gasteiger charge is -2.17. The molecule has 1 heterocycles. The third kappa shape index (κ3) is 5.73. The van der Waals surface area contributed by atoms with Crippen LogP contribution >= 0.6 is 11.6 Å². The van der Waals surface area contributed by atoms with Gasteiger partial charge in [-0.1, -0.05) is 29.8 Å². The second kappa shape index (κ2) is 11.0. The van der Waals surface area contributed by atoms with E-state index in [9.17, 15) is 29.2 Å². The minimum absolute atomic E-state index is 0.0749. The van der Waals surface area contributed by atoms with Crippen LogP contribution in [0.2, 0.25) is 5.02 Å². The lowest BCUT2D eigenvalue weighted by Crippen LogP contribution is -2.41. The van der Waals surface area contributed by atoms with E-state index in [1.54, 1.807) is 36.4 Å². The van der Waals surface area contributed by atoms with Crippen LogP contribution < -0.4 is 16.2 Å². The molecule has 0 aliphatic carbocycles. The van der Waals surface area contributed by atoms with Gasteiger partial charge in [0.1, 0.15) is 5.82 Å². The zero-order chi connectivity index (χ0) is 27.4. The number of furan rings is 1. The Labute approximate surface area is 220 Å². The van der Waals surface area contributed by atoms with E-state index >= 15 is 0 Å². The average molecular weight is 539 g/mol. The zero-order valence-corrected chi connectivity index (χ0v) is 20.5. The van der Waals surface area contributed by atoms with Crippen LogP contribution in [0.5, 0.6) is 5.75 Å². The number of rotatable bonds is 7. The summed E-state index contributed by atoms with van der Waals surface area (Å²) in [5, 5.41) is 24.1. The van der Waals surface area contributed by atoms with Crippen LogP contribution in [0.1, 0.15) is 39.4 Å². The number of phenolic OH excluding ortho intramolecular Hbond substituents is 1. The number of anilines is 1. The number of halogens is 2. The van der Waals surface area contributed by atoms with Crippen LogP contribution in [-0.2, 0) is 0 Å². The number of nitro groups is 1. The number of hydrazine groups is 1. The summed E-state index contributed by atoms with van der Waals surface area (Å²) >= 11 is 6.14. The van der Waals surface area contributed by atoms with Crippen molar-refractivity contribution in [1.82, 2.24) is 10.9 Å². The minimum Gasteiger partial charge on any atom is -0.502 e. The number of nitrogens with one attached hydrogen (secondary N) is 3. The van der Waals surface area contributed by atoms with Gasteiger partial charge in [-0.3, -0.25) is 30.6 Å². The van der Waals surface area contributed by atoms with Gasteiger partial charge in [0.05, 0.1) is 11.2 Å². The highest BCUT2D eigenvalue weighted by Gasteiger charge is 2.20. The Hall–Kier alpha value is -4.90. The molecule has 4 aromatic rings. The van der Waals surface area contributed by atoms with Crippen molar-refractivity contribution in [3.8, 4) is 16.9 Å². The van der Waals surface area contributed by atoms with Gasteiger partial charge in [0, 0.05) is 33.9 Å². The molecule has 4 N–H and O–H groups in total. The molecule has 0 saturated carbocycles. The van der Waals surface area contributed by atoms with Gasteiger partial charge in [0.15, 0.2) is 5.75 Å². The van der Waals surface area contributed by atoms with Gasteiger partial charge in [-0.15, -0.1) is 0 Å². The van der Waals surface area contributed by atoms with E-state index in [4.69, 9.17) is 16.0 Å². The predicted octanol–water partition coefficient (Wildman–Crippen LogP) is 5.60. The summed E-state index contributed by atoms with van der Waals surface area (Å²) in [6.07, 6.45) is 1.32. The van der Waals surface area contributed by atoms with Crippen molar-refractivity contribution in [2.45, 2.75) is 13.0 Å². The summed E-state index contributed by atoms with van der Waals surface area (Å²) in [5.41, 5.74) is 6.17. The predicted molar refractivity (Wildman–Crippen MR) is 137 cm³/mol. The Kier molecular flexibility index (Phi) is 7.58. The number of benzene rings is 3. The number of carbonyl (C=O) groups is 2. The molecule has 1 unspecified atom stereocenters. The summed E-state index contributed by atoms with van der Waals surface area (Å²) in [4.78, 5) is 35.1. The lowest BCUT2D eigenvalue weighted by molar-refractivity contribution is -0.385. The molecule has 38 heavy (non-hydrogen) atoms. The van der Waals surface area contributed by atoms with Crippen LogP contribution in [0.4, 0.5) is 15.8 Å². The maximum Gasteiger partial charge on any atom is 0.311 e. The van der Waals surface area contributed by atoms with Crippen LogP contribution in [0.3, 0.4) is 0 Å². The molecule has 0 spiro atoms. The molecule has 0 radical (unpaired) electrons. The van der Waals surface area contributed by atoms with E-state index in [2.05, 4.69) is 16.2 Å². The second-order valence-corrected chi connectivity index (χ2v) is 8.55. The molecule has 0 bridgehead atoms. The van der Waals surface area contributed by atoms with E-state index in [1.165, 1.54) is 24.5 Å². The first kappa shape index (κ1) is 26.2. The van der Waals surface area contributed by atoms with Crippen molar-refractivity contribution in [3.05, 3.63) is 111 Å². The highest BCUT2D eigenvalue weighted by atomic mass is 35.5. The summed E-state index contributed by atoms with van der Waals surface area (Å²) in [7, 11) is 0. The first-order chi connectivity index (χ1) is 18.1. The number of carbonyl (C=O) groups excluding carboxylic acids is 2. The first-order valence-electron chi connectivity index (χ1n) is 11.1. The molecular weight excluding hydrogens is 519 g/mol. The molecule has 1 atom stereocenters. The van der Waals surface area contributed by atoms with Gasteiger partial charge < -0.3 is 14.8 Å². The third-order valence-electron chi connectivity index (χ3n) is 5.60. The quantitative estimate of drug-likeness (QED) is 0.177. The molecule has 2 amide bonds. The molecule has 10 nitrogen and oxygen atoms in total. The van der Waals surface area contributed by atoms with E-state index in [0.29, 0.717) is 16.1 Å². The van der Waals surface area contributed by atoms with E-state index in [1.807, 2.05) is 6.92 Å². The number of hydrogen-bond donors (Lipinski definition) is 4. The van der Waals surface area contributed by atoms with Crippen molar-refractivity contribution in [2.75, 3.05) is 5.32 Å². The Balaban J connectivity index is 1.42. The van der Waals surface area contributed by atoms with Crippen molar-refractivity contribution < 1.29 is 28.4 Å². The SMILES string of the molecule is CC(Nc1ccc(-c2ccoc2C(=O)NNC(=O)c2ccc(O)c([N+](=O)[O-])c2)cc1)c1ccc(F)cc1Cl. The molecule has 3 aromatic carbocycles. The second-order valence-electron chi connectivity index (χ2n) is 8.14. The standard InChI is InChI=1S/C26H20ClFN4O6/c1-14(19-8-5-17(28)13-21(19)27)29-18-6-2-15(3-7-18)20-10-11-38-24(20)26(35)31-30-25(34)16-4-9-23(33)22(12-16)32(36)37/h2-14,29,33H,1H3,(H,30,34)(H,31,35). The van der Waals surface area contributed by atoms with Crippen LogP contribution in [0.25, 0.3) is 11.1 Å². The number of aromatic hydroxyl groups is 1. The molecule has 194 valence electrons. The molecule has 0 aliphatic heterocycles. The maximum absolute atomic E-state index is 13.3. The highest BCUT2D eigenvalue weighted by Crippen LogP contribution is 2.30. The Morgan fingerprint density at radius 1 is 1.03 bits per heavy atom. The topological polar surface area (TPSA) is 147 Å². The number of amides is 2. The van der Waals surface area contributed by atoms with Crippen molar-refractivity contribution in [3.63, 3.8) is 0 Å². The Morgan fingerprint density at radius 3 is 2.42 bits per heavy atom. The van der Waals surface area contributed by atoms with Gasteiger partial charge in [0.2, 0.25) is 5.76 Å². The van der Waals surface area contributed by atoms with Gasteiger partial charge in [-0.2, -0.15) is 0 Å². The van der Waals surface area contributed by atoms with E-state index in [-0.39, 0.29) is 17.4 Å². The van der Waals surface area contributed by atoms with Crippen LogP contribution in [0.15, 0.2) is 77.4 Å². The molecule has 0 aliphatic rings. The smallest absolute Gasteiger partial charge is 0.311 e. The molecule has 0 saturated heterocycles. The van der Waals surface area contributed by atoms with Gasteiger partial charge in [0.25, 0.3) is 5.91 Å². The minimum atomic E-state index is -0.834. The molecule has 4 rings (SSSR count). The fourth-order valence-corrected chi connectivity index (χ4v) is 4.02. The van der Waals surface area contributed by atoms with Gasteiger partial charge in [-0.05, 0) is 60.5 Å². The molecule has 12 heteroatoms. The van der Waals surface area contributed by atoms with Gasteiger partial charge >= 0.3 is 11.6 Å². The number of nitrogens with zero attached hydrogens (tertiary/aromatic N) is 1. The van der Waals surface area contributed by atoms with Crippen LogP contribution in [0, 0.1) is 15.9 Å². The molecular formula is C26H20ClFN4O6. The summed E-state index contributed by atoms with van der Waals surface area (Å²) < 4.78 is 18.6. The fourth-order valence-electron chi connectivity index (χ4n) is 3.69. The zero-order valence-electron chi connectivity index (χ0n) is 19.7. The number of phenols is 1. The first-order valence-corrected chi connectivity index (χ1v) is 11.5. The van der Waals surface area contributed by atoms with Crippen molar-refractivity contribution in [1.29, 1.82) is 0 Å². The molecule has 1 aromatic heterocycles. The maximum atomic E-state index is 13.3. The normalized spacial score (nSPS) is 11.4. The summed E-state index contributed by atoms with van der Waals surface area (Å²) in [6.45, 7) is 1.89. The fraction of sp³-hybridized carbons (Fsp3) is 0.0769. The Bertz CT molecular complexity index is 1520. The largest absolute Gasteiger partial charge is 0.502 e. The van der Waals surface area contributed by atoms with Gasteiger partial charge in [-0.25, -0.2) is 4.39 Å². The average Bonchev–Trinajstić information content (AvgIpc) is 3.37. The van der Waals surface area contributed by atoms with Crippen molar-refractivity contribution in [2.24, 2.45) is 0 Å². The lowest BCUT2D eigenvalue weighted by atomic mass is 10.0. The van der Waals surface area contributed by atoms with E-state index in [0.717, 1.165) is 23.4 Å². The van der Waals surface area contributed by atoms with E-state index < -0.39 is 34.0 Å². The number of nitro benzene ring substituents is 1. The highest BCUT2D eigenvalue weighted by molar-refractivity contribution is 6.31. The summed E-state index contributed by atoms with van der Waals surface area (Å²) in [6, 6.07) is 15.7. The third-order valence-corrected chi connectivity index (χ3v) is 5.93. The monoisotopic (exact) mass is 538 g/mol. The van der Waals surface area contributed by atoms with Crippen LogP contribution in [-0.4, -0.2) is 21.8 Å². The molecule has 0 fully saturated rings. The number of hydrogen-bond acceptors (Lipinski definition) is 7. The van der Waals surface area contributed by atoms with Crippen molar-refractivity contribution >= 4 is 34.8 Å². The summed E-state index contributed by atoms with van der Waals surface area (Å²) in [5.74, 6) is -2.67.